The number of anilines is 1. The van der Waals surface area contributed by atoms with E-state index < -0.39 is 5.97 Å². The van der Waals surface area contributed by atoms with E-state index >= 15 is 0 Å². The van der Waals surface area contributed by atoms with E-state index in [-0.39, 0.29) is 18.0 Å². The zero-order valence-electron chi connectivity index (χ0n) is 10.2. The molecule has 0 bridgehead atoms. The molecular formula is C12H16N2O3. The van der Waals surface area contributed by atoms with Gasteiger partial charge in [0.15, 0.2) is 0 Å². The number of carbonyl (C=O) groups excluding carboxylic acids is 1. The van der Waals surface area contributed by atoms with Crippen molar-refractivity contribution in [2.45, 2.75) is 6.92 Å². The van der Waals surface area contributed by atoms with Gasteiger partial charge >= 0.3 is 5.97 Å². The Hall–Kier alpha value is -1.88. The molecule has 1 aromatic carbocycles. The lowest BCUT2D eigenvalue weighted by atomic mass is 10.1. The lowest BCUT2D eigenvalue weighted by molar-refractivity contribution is -0.116. The monoisotopic (exact) mass is 236 g/mol. The minimum Gasteiger partial charge on any atom is -0.478 e. The van der Waals surface area contributed by atoms with Gasteiger partial charge in [-0.05, 0) is 32.6 Å². The van der Waals surface area contributed by atoms with Crippen LogP contribution in [0.2, 0.25) is 0 Å². The SMILES string of the molecule is Cc1cccc(C(=O)O)c1NC(=O)CN(C)C. The topological polar surface area (TPSA) is 69.6 Å². The Morgan fingerprint density at radius 2 is 2.00 bits per heavy atom. The van der Waals surface area contributed by atoms with Crippen molar-refractivity contribution in [3.8, 4) is 0 Å². The summed E-state index contributed by atoms with van der Waals surface area (Å²) in [6.45, 7) is 1.98. The standard InChI is InChI=1S/C12H16N2O3/c1-8-5-4-6-9(12(16)17)11(8)13-10(15)7-14(2)3/h4-6H,7H2,1-3H3,(H,13,15)(H,16,17). The Balaban J connectivity index is 2.97. The summed E-state index contributed by atoms with van der Waals surface area (Å²) >= 11 is 0. The molecule has 1 amide bonds. The van der Waals surface area contributed by atoms with E-state index in [1.807, 2.05) is 0 Å². The molecular weight excluding hydrogens is 220 g/mol. The molecule has 0 aliphatic carbocycles. The van der Waals surface area contributed by atoms with Gasteiger partial charge in [0.2, 0.25) is 5.91 Å². The molecule has 0 unspecified atom stereocenters. The van der Waals surface area contributed by atoms with Crippen molar-refractivity contribution in [1.29, 1.82) is 0 Å². The van der Waals surface area contributed by atoms with Crippen molar-refractivity contribution in [2.24, 2.45) is 0 Å². The summed E-state index contributed by atoms with van der Waals surface area (Å²) in [4.78, 5) is 24.3. The minimum atomic E-state index is -1.05. The van der Waals surface area contributed by atoms with E-state index in [4.69, 9.17) is 5.11 Å². The first-order chi connectivity index (χ1) is 7.91. The molecule has 0 aromatic heterocycles. The van der Waals surface area contributed by atoms with Crippen molar-refractivity contribution in [2.75, 3.05) is 26.0 Å². The normalized spacial score (nSPS) is 10.4. The maximum atomic E-state index is 11.6. The molecule has 5 heteroatoms. The van der Waals surface area contributed by atoms with Gasteiger partial charge in [-0.3, -0.25) is 4.79 Å². The molecule has 0 heterocycles. The van der Waals surface area contributed by atoms with Crippen LogP contribution >= 0.6 is 0 Å². The van der Waals surface area contributed by atoms with E-state index in [1.165, 1.54) is 6.07 Å². The average Bonchev–Trinajstić information content (AvgIpc) is 2.19. The molecule has 5 nitrogen and oxygen atoms in total. The summed E-state index contributed by atoms with van der Waals surface area (Å²) in [7, 11) is 3.55. The number of para-hydroxylation sites is 1. The second-order valence-electron chi connectivity index (χ2n) is 4.09. The number of nitrogens with zero attached hydrogens (tertiary/aromatic N) is 1. The first kappa shape index (κ1) is 13.2. The van der Waals surface area contributed by atoms with E-state index in [9.17, 15) is 9.59 Å². The van der Waals surface area contributed by atoms with Gasteiger partial charge < -0.3 is 15.3 Å². The number of likely N-dealkylation sites (N-methyl/N-ethyl adjacent to an activating group) is 1. The number of aromatic carboxylic acids is 1. The molecule has 1 aromatic rings. The second-order valence-corrected chi connectivity index (χ2v) is 4.09. The number of aryl methyl sites for hydroxylation is 1. The quantitative estimate of drug-likeness (QED) is 0.824. The third kappa shape index (κ3) is 3.57. The van der Waals surface area contributed by atoms with Crippen LogP contribution in [0, 0.1) is 6.92 Å². The highest BCUT2D eigenvalue weighted by molar-refractivity contribution is 6.01. The highest BCUT2D eigenvalue weighted by Crippen LogP contribution is 2.20. The number of hydrogen-bond acceptors (Lipinski definition) is 3. The largest absolute Gasteiger partial charge is 0.478 e. The van der Waals surface area contributed by atoms with Crippen LogP contribution in [0.3, 0.4) is 0 Å². The van der Waals surface area contributed by atoms with Crippen molar-refractivity contribution in [3.63, 3.8) is 0 Å². The van der Waals surface area contributed by atoms with Gasteiger partial charge in [0.05, 0.1) is 17.8 Å². The second kappa shape index (κ2) is 5.45. The van der Waals surface area contributed by atoms with Crippen LogP contribution in [0.5, 0.6) is 0 Å². The van der Waals surface area contributed by atoms with Gasteiger partial charge in [0, 0.05) is 0 Å². The van der Waals surface area contributed by atoms with Gasteiger partial charge in [0.25, 0.3) is 0 Å². The smallest absolute Gasteiger partial charge is 0.337 e. The van der Waals surface area contributed by atoms with Crippen LogP contribution in [-0.4, -0.2) is 42.5 Å². The Kier molecular flexibility index (Phi) is 4.23. The predicted octanol–water partition coefficient (Wildman–Crippen LogP) is 1.19. The van der Waals surface area contributed by atoms with E-state index in [0.717, 1.165) is 5.56 Å². The maximum absolute atomic E-state index is 11.6. The summed E-state index contributed by atoms with van der Waals surface area (Å²) in [5.41, 5.74) is 1.21. The number of benzene rings is 1. The zero-order chi connectivity index (χ0) is 13.0. The van der Waals surface area contributed by atoms with Gasteiger partial charge in [-0.15, -0.1) is 0 Å². The minimum absolute atomic E-state index is 0.108. The lowest BCUT2D eigenvalue weighted by Crippen LogP contribution is -2.28. The number of carboxylic acid groups (broad SMARTS) is 1. The molecule has 0 saturated heterocycles. The Bertz CT molecular complexity index is 441. The van der Waals surface area contributed by atoms with Crippen LogP contribution in [0.25, 0.3) is 0 Å². The summed E-state index contributed by atoms with van der Waals surface area (Å²) in [6, 6.07) is 4.89. The predicted molar refractivity (Wildman–Crippen MR) is 65.3 cm³/mol. The third-order valence-electron chi connectivity index (χ3n) is 2.23. The molecule has 0 aliphatic rings. The fourth-order valence-electron chi connectivity index (χ4n) is 1.48. The number of rotatable bonds is 4. The molecule has 0 aliphatic heterocycles. The van der Waals surface area contributed by atoms with Crippen LogP contribution in [0.1, 0.15) is 15.9 Å². The van der Waals surface area contributed by atoms with E-state index in [1.54, 1.807) is 38.1 Å². The number of amides is 1. The average molecular weight is 236 g/mol. The van der Waals surface area contributed by atoms with Crippen LogP contribution in [0.4, 0.5) is 5.69 Å². The van der Waals surface area contributed by atoms with E-state index in [2.05, 4.69) is 5.32 Å². The Morgan fingerprint density at radius 1 is 1.35 bits per heavy atom. The Morgan fingerprint density at radius 3 is 2.53 bits per heavy atom. The fourth-order valence-corrected chi connectivity index (χ4v) is 1.48. The van der Waals surface area contributed by atoms with E-state index in [0.29, 0.717) is 5.69 Å². The molecule has 92 valence electrons. The lowest BCUT2D eigenvalue weighted by Gasteiger charge is -2.13. The molecule has 0 spiro atoms. The van der Waals surface area contributed by atoms with Crippen LogP contribution in [0.15, 0.2) is 18.2 Å². The summed E-state index contributed by atoms with van der Waals surface area (Å²) < 4.78 is 0. The van der Waals surface area contributed by atoms with Gasteiger partial charge in [-0.25, -0.2) is 4.79 Å². The summed E-state index contributed by atoms with van der Waals surface area (Å²) in [5.74, 6) is -1.28. The third-order valence-corrected chi connectivity index (χ3v) is 2.23. The maximum Gasteiger partial charge on any atom is 0.337 e. The molecule has 0 radical (unpaired) electrons. The van der Waals surface area contributed by atoms with Crippen LogP contribution in [-0.2, 0) is 4.79 Å². The first-order valence-electron chi connectivity index (χ1n) is 5.19. The molecule has 0 fully saturated rings. The van der Waals surface area contributed by atoms with Crippen molar-refractivity contribution in [3.05, 3.63) is 29.3 Å². The van der Waals surface area contributed by atoms with Gasteiger partial charge in [-0.1, -0.05) is 12.1 Å². The number of hydrogen-bond donors (Lipinski definition) is 2. The Labute approximate surface area is 100 Å². The van der Waals surface area contributed by atoms with Gasteiger partial charge in [0.1, 0.15) is 0 Å². The molecule has 17 heavy (non-hydrogen) atoms. The van der Waals surface area contributed by atoms with Crippen LogP contribution < -0.4 is 5.32 Å². The summed E-state index contributed by atoms with van der Waals surface area (Å²) in [5, 5.41) is 11.7. The molecule has 1 rings (SSSR count). The number of carboxylic acids is 1. The highest BCUT2D eigenvalue weighted by Gasteiger charge is 2.14. The first-order valence-corrected chi connectivity index (χ1v) is 5.19. The molecule has 0 saturated carbocycles. The summed E-state index contributed by atoms with van der Waals surface area (Å²) in [6.07, 6.45) is 0. The number of nitrogens with one attached hydrogen (secondary N) is 1. The van der Waals surface area contributed by atoms with Crippen molar-refractivity contribution >= 4 is 17.6 Å². The highest BCUT2D eigenvalue weighted by atomic mass is 16.4. The van der Waals surface area contributed by atoms with Crippen molar-refractivity contribution < 1.29 is 14.7 Å². The van der Waals surface area contributed by atoms with Gasteiger partial charge in [-0.2, -0.15) is 0 Å². The number of carbonyl (C=O) groups is 2. The fraction of sp³-hybridized carbons (Fsp3) is 0.333. The zero-order valence-corrected chi connectivity index (χ0v) is 10.2. The molecule has 2 N–H and O–H groups in total. The molecule has 0 atom stereocenters. The van der Waals surface area contributed by atoms with Crippen molar-refractivity contribution in [1.82, 2.24) is 4.90 Å².